The summed E-state index contributed by atoms with van der Waals surface area (Å²) in [5, 5.41) is 10.1. The van der Waals surface area contributed by atoms with E-state index in [2.05, 4.69) is 4.98 Å². The molecule has 0 saturated carbocycles. The minimum absolute atomic E-state index is 0. The van der Waals surface area contributed by atoms with Crippen LogP contribution in [0.4, 0.5) is 5.69 Å². The molecule has 124 valence electrons. The molecule has 0 unspecified atom stereocenters. The molecule has 0 fully saturated rings. The fourth-order valence-corrected chi connectivity index (χ4v) is 3.84. The first kappa shape index (κ1) is 18.2. The molecule has 0 bridgehead atoms. The molecule has 6 heteroatoms. The van der Waals surface area contributed by atoms with Gasteiger partial charge >= 0.3 is 24.8 Å². The summed E-state index contributed by atoms with van der Waals surface area (Å²) in [6.07, 6.45) is 0. The van der Waals surface area contributed by atoms with E-state index in [1.54, 1.807) is 0 Å². The number of thiophene rings is 1. The van der Waals surface area contributed by atoms with Gasteiger partial charge in [0, 0.05) is 10.9 Å². The first-order chi connectivity index (χ1) is 12.1. The minimum Gasteiger partial charge on any atom is -1.00 e. The fraction of sp³-hybridized carbons (Fsp3) is 0. The number of aromatic carboxylic acids is 1. The van der Waals surface area contributed by atoms with Crippen LogP contribution in [0.15, 0.2) is 66.7 Å². The third kappa shape index (κ3) is 3.13. The normalized spacial score (nSPS) is 10.5. The molecule has 4 aromatic rings. The maximum atomic E-state index is 11.5. The maximum Gasteiger partial charge on any atom is 1.00 e. The molecule has 0 radical (unpaired) electrons. The van der Waals surface area contributed by atoms with Gasteiger partial charge in [-0.05, 0) is 17.2 Å². The van der Waals surface area contributed by atoms with Gasteiger partial charge in [0.15, 0.2) is 0 Å². The topological polar surface area (TPSA) is 76.2 Å². The minimum atomic E-state index is -1.03. The number of benzene rings is 2. The Bertz CT molecular complexity index is 1090. The maximum absolute atomic E-state index is 11.5. The third-order valence-corrected chi connectivity index (χ3v) is 5.13. The average molecular weight is 354 g/mol. The van der Waals surface area contributed by atoms with Crippen LogP contribution in [0.1, 0.15) is 11.1 Å². The molecule has 0 aliphatic heterocycles. The van der Waals surface area contributed by atoms with Gasteiger partial charge in [-0.25, -0.2) is 9.78 Å². The molecular formula is C20H15LiN2O2S. The van der Waals surface area contributed by atoms with Crippen molar-refractivity contribution in [1.29, 1.82) is 0 Å². The number of nitrogens with two attached hydrogens (primary N) is 1. The summed E-state index contributed by atoms with van der Waals surface area (Å²) in [5.41, 5.74) is 10.1. The van der Waals surface area contributed by atoms with Crippen LogP contribution in [0.3, 0.4) is 0 Å². The van der Waals surface area contributed by atoms with E-state index < -0.39 is 5.97 Å². The van der Waals surface area contributed by atoms with Crippen molar-refractivity contribution in [3.8, 4) is 22.4 Å². The quantitative estimate of drug-likeness (QED) is 0.552. The van der Waals surface area contributed by atoms with Gasteiger partial charge in [0.25, 0.3) is 0 Å². The van der Waals surface area contributed by atoms with Gasteiger partial charge in [-0.15, -0.1) is 11.3 Å². The van der Waals surface area contributed by atoms with Crippen molar-refractivity contribution < 1.29 is 30.2 Å². The number of pyridine rings is 1. The van der Waals surface area contributed by atoms with Crippen LogP contribution in [0.25, 0.3) is 32.6 Å². The summed E-state index contributed by atoms with van der Waals surface area (Å²) >= 11 is 1.11. The first-order valence-corrected chi connectivity index (χ1v) is 8.54. The molecule has 2 aromatic carbocycles. The van der Waals surface area contributed by atoms with Gasteiger partial charge in [0.2, 0.25) is 0 Å². The molecular weight excluding hydrogens is 339 g/mol. The van der Waals surface area contributed by atoms with Crippen LogP contribution in [0.2, 0.25) is 0 Å². The predicted octanol–water partition coefficient (Wildman–Crippen LogP) is 2.03. The summed E-state index contributed by atoms with van der Waals surface area (Å²) in [4.78, 5) is 16.9. The number of anilines is 1. The second-order valence-electron chi connectivity index (χ2n) is 5.62. The average Bonchev–Trinajstić information content (AvgIpc) is 2.99. The van der Waals surface area contributed by atoms with Crippen molar-refractivity contribution in [1.82, 2.24) is 4.98 Å². The molecule has 4 rings (SSSR count). The number of aromatic nitrogens is 1. The van der Waals surface area contributed by atoms with E-state index in [1.807, 2.05) is 66.7 Å². The zero-order chi connectivity index (χ0) is 17.4. The number of nitrogen functional groups attached to an aromatic ring is 1. The predicted molar refractivity (Wildman–Crippen MR) is 103 cm³/mol. The molecule has 4 nitrogen and oxygen atoms in total. The zero-order valence-electron chi connectivity index (χ0n) is 15.1. The summed E-state index contributed by atoms with van der Waals surface area (Å²) in [6.45, 7) is 0. The van der Waals surface area contributed by atoms with Crippen LogP contribution < -0.4 is 24.6 Å². The van der Waals surface area contributed by atoms with E-state index in [1.165, 1.54) is 0 Å². The third-order valence-electron chi connectivity index (χ3n) is 4.05. The molecule has 0 amide bonds. The molecule has 0 spiro atoms. The number of hydrogen-bond acceptors (Lipinski definition) is 4. The smallest absolute Gasteiger partial charge is 1.00 e. The van der Waals surface area contributed by atoms with E-state index in [4.69, 9.17) is 5.73 Å². The number of hydrogen-bond donors (Lipinski definition) is 2. The van der Waals surface area contributed by atoms with Gasteiger partial charge in [-0.3, -0.25) is 0 Å². The SMILES string of the molecule is Nc1c(C(=O)O)sc2nc(-c3ccccc3)cc(-c3ccccc3)c12.[H-].[Li+]. The van der Waals surface area contributed by atoms with Crippen molar-refractivity contribution in [3.63, 3.8) is 0 Å². The van der Waals surface area contributed by atoms with Gasteiger partial charge in [-0.2, -0.15) is 0 Å². The van der Waals surface area contributed by atoms with Crippen LogP contribution in [0.5, 0.6) is 0 Å². The summed E-state index contributed by atoms with van der Waals surface area (Å²) in [5.74, 6) is -1.03. The van der Waals surface area contributed by atoms with E-state index in [-0.39, 0.29) is 30.9 Å². The molecule has 0 aliphatic carbocycles. The van der Waals surface area contributed by atoms with Crippen LogP contribution in [-0.4, -0.2) is 16.1 Å². The molecule has 2 heterocycles. The van der Waals surface area contributed by atoms with E-state index in [9.17, 15) is 9.90 Å². The van der Waals surface area contributed by atoms with Crippen LogP contribution in [-0.2, 0) is 0 Å². The Labute approximate surface area is 168 Å². The van der Waals surface area contributed by atoms with Gasteiger partial charge in [-0.1, -0.05) is 60.7 Å². The zero-order valence-corrected chi connectivity index (χ0v) is 15.0. The molecule has 2 aromatic heterocycles. The van der Waals surface area contributed by atoms with E-state index in [0.29, 0.717) is 10.2 Å². The molecule has 3 N–H and O–H groups in total. The van der Waals surface area contributed by atoms with Crippen molar-refractivity contribution >= 4 is 33.2 Å². The van der Waals surface area contributed by atoms with Crippen molar-refractivity contribution in [2.75, 3.05) is 5.73 Å². The Kier molecular flexibility index (Phi) is 5.15. The molecule has 0 saturated heterocycles. The van der Waals surface area contributed by atoms with Crippen molar-refractivity contribution in [2.24, 2.45) is 0 Å². The Morgan fingerprint density at radius 2 is 1.58 bits per heavy atom. The van der Waals surface area contributed by atoms with Gasteiger partial charge < -0.3 is 12.3 Å². The summed E-state index contributed by atoms with van der Waals surface area (Å²) in [6, 6.07) is 21.6. The Hall–Kier alpha value is -2.58. The second kappa shape index (κ2) is 7.34. The number of carbonyl (C=O) groups is 1. The Balaban J connectivity index is 0.00000131. The van der Waals surface area contributed by atoms with Crippen LogP contribution >= 0.6 is 11.3 Å². The monoisotopic (exact) mass is 354 g/mol. The number of rotatable bonds is 3. The van der Waals surface area contributed by atoms with E-state index in [0.717, 1.165) is 33.7 Å². The molecule has 26 heavy (non-hydrogen) atoms. The fourth-order valence-electron chi connectivity index (χ4n) is 2.88. The molecule has 0 atom stereocenters. The number of carboxylic acids is 1. The van der Waals surface area contributed by atoms with Crippen molar-refractivity contribution in [2.45, 2.75) is 0 Å². The number of fused-ring (bicyclic) bond motifs is 1. The van der Waals surface area contributed by atoms with Crippen LogP contribution in [0, 0.1) is 0 Å². The molecule has 0 aliphatic rings. The number of nitrogens with zero attached hydrogens (tertiary/aromatic N) is 1. The Morgan fingerprint density at radius 3 is 2.15 bits per heavy atom. The second-order valence-corrected chi connectivity index (χ2v) is 6.62. The van der Waals surface area contributed by atoms with Gasteiger partial charge in [0.05, 0.1) is 11.4 Å². The van der Waals surface area contributed by atoms with Crippen molar-refractivity contribution in [3.05, 3.63) is 71.6 Å². The van der Waals surface area contributed by atoms with Gasteiger partial charge in [0.1, 0.15) is 9.71 Å². The number of carboxylic acid groups (broad SMARTS) is 1. The standard InChI is InChI=1S/C20H14N2O2S.Li.H/c21-17-16-14(12-7-3-1-4-8-12)11-15(13-9-5-2-6-10-13)22-19(16)25-18(17)20(23)24;;/h1-11H,21H2,(H,23,24);;/q;+1;-1. The first-order valence-electron chi connectivity index (χ1n) is 7.72. The summed E-state index contributed by atoms with van der Waals surface area (Å²) in [7, 11) is 0. The largest absolute Gasteiger partial charge is 1.00 e. The summed E-state index contributed by atoms with van der Waals surface area (Å²) < 4.78 is 0. The Morgan fingerprint density at radius 1 is 1.00 bits per heavy atom. The van der Waals surface area contributed by atoms with E-state index >= 15 is 0 Å².